The molecule has 0 aliphatic carbocycles. The van der Waals surface area contributed by atoms with E-state index in [0.29, 0.717) is 11.3 Å². The molecular weight excluding hydrogens is 226 g/mol. The summed E-state index contributed by atoms with van der Waals surface area (Å²) in [5, 5.41) is 10.3. The molecule has 18 heavy (non-hydrogen) atoms. The molecule has 0 fully saturated rings. The molecule has 0 spiro atoms. The van der Waals surface area contributed by atoms with Gasteiger partial charge >= 0.3 is 0 Å². The predicted octanol–water partition coefficient (Wildman–Crippen LogP) is 1.81. The van der Waals surface area contributed by atoms with E-state index >= 15 is 0 Å². The Morgan fingerprint density at radius 3 is 2.39 bits per heavy atom. The van der Waals surface area contributed by atoms with Crippen molar-refractivity contribution in [1.82, 2.24) is 4.98 Å². The molecular formula is C14H17N3O. The Labute approximate surface area is 107 Å². The highest BCUT2D eigenvalue weighted by Gasteiger charge is 2.13. The molecule has 2 aromatic rings. The molecule has 4 heteroatoms. The zero-order chi connectivity index (χ0) is 13.1. The standard InChI is InChI=1S/C14H17N3O/c1-17(2)11-5-3-10(4-6-11)14(18)12-9-16-8-7-13(12)15/h3-9,14,18H,1-2H3,(H2,15,16). The van der Waals surface area contributed by atoms with Crippen LogP contribution in [0.2, 0.25) is 0 Å². The Morgan fingerprint density at radius 1 is 1.17 bits per heavy atom. The SMILES string of the molecule is CN(C)c1ccc(C(O)c2cnccc2N)cc1. The Morgan fingerprint density at radius 2 is 1.83 bits per heavy atom. The summed E-state index contributed by atoms with van der Waals surface area (Å²) in [5.41, 5.74) is 8.91. The van der Waals surface area contributed by atoms with Crippen molar-refractivity contribution in [3.63, 3.8) is 0 Å². The van der Waals surface area contributed by atoms with Gasteiger partial charge in [-0.3, -0.25) is 4.98 Å². The second kappa shape index (κ2) is 5.06. The monoisotopic (exact) mass is 243 g/mol. The van der Waals surface area contributed by atoms with Gasteiger partial charge in [0.05, 0.1) is 0 Å². The van der Waals surface area contributed by atoms with E-state index in [1.807, 2.05) is 43.3 Å². The minimum absolute atomic E-state index is 0.550. The van der Waals surface area contributed by atoms with E-state index in [0.717, 1.165) is 11.3 Å². The van der Waals surface area contributed by atoms with Gasteiger partial charge in [0.15, 0.2) is 0 Å². The first-order valence-electron chi connectivity index (χ1n) is 5.74. The van der Waals surface area contributed by atoms with E-state index in [4.69, 9.17) is 5.73 Å². The van der Waals surface area contributed by atoms with Gasteiger partial charge in [-0.1, -0.05) is 12.1 Å². The maximum atomic E-state index is 10.3. The van der Waals surface area contributed by atoms with Crippen LogP contribution in [0.25, 0.3) is 0 Å². The van der Waals surface area contributed by atoms with Gasteiger partial charge in [-0.15, -0.1) is 0 Å². The molecule has 0 aliphatic heterocycles. The molecule has 1 heterocycles. The lowest BCUT2D eigenvalue weighted by atomic mass is 10.0. The molecule has 0 saturated heterocycles. The van der Waals surface area contributed by atoms with Gasteiger partial charge in [0.1, 0.15) is 6.10 Å². The number of pyridine rings is 1. The molecule has 3 N–H and O–H groups in total. The number of nitrogen functional groups attached to an aromatic ring is 1. The van der Waals surface area contributed by atoms with Crippen molar-refractivity contribution in [3.8, 4) is 0 Å². The lowest BCUT2D eigenvalue weighted by Gasteiger charge is -2.16. The Hall–Kier alpha value is -2.07. The van der Waals surface area contributed by atoms with Crippen LogP contribution < -0.4 is 10.6 Å². The lowest BCUT2D eigenvalue weighted by Crippen LogP contribution is -2.09. The minimum atomic E-state index is -0.741. The number of aliphatic hydroxyl groups excluding tert-OH is 1. The second-order valence-electron chi connectivity index (χ2n) is 4.39. The molecule has 0 saturated carbocycles. The molecule has 2 rings (SSSR count). The molecule has 94 valence electrons. The van der Waals surface area contributed by atoms with Gasteiger partial charge in [0, 0.05) is 43.4 Å². The average Bonchev–Trinajstić information content (AvgIpc) is 2.38. The molecule has 4 nitrogen and oxygen atoms in total. The van der Waals surface area contributed by atoms with E-state index in [-0.39, 0.29) is 0 Å². The van der Waals surface area contributed by atoms with Gasteiger partial charge in [-0.25, -0.2) is 0 Å². The summed E-state index contributed by atoms with van der Waals surface area (Å²) >= 11 is 0. The maximum Gasteiger partial charge on any atom is 0.108 e. The van der Waals surface area contributed by atoms with Gasteiger partial charge < -0.3 is 15.7 Å². The molecule has 1 unspecified atom stereocenters. The van der Waals surface area contributed by atoms with Gasteiger partial charge in [0.25, 0.3) is 0 Å². The third-order valence-electron chi connectivity index (χ3n) is 2.91. The Kier molecular flexibility index (Phi) is 3.48. The molecule has 1 aromatic carbocycles. The molecule has 0 amide bonds. The molecule has 0 aliphatic rings. The second-order valence-corrected chi connectivity index (χ2v) is 4.39. The Bertz CT molecular complexity index is 523. The van der Waals surface area contributed by atoms with Gasteiger partial charge in [-0.2, -0.15) is 0 Å². The summed E-state index contributed by atoms with van der Waals surface area (Å²) < 4.78 is 0. The first-order chi connectivity index (χ1) is 8.59. The molecule has 0 bridgehead atoms. The molecule has 1 aromatic heterocycles. The van der Waals surface area contributed by atoms with Crippen LogP contribution in [0.1, 0.15) is 17.2 Å². The number of aromatic nitrogens is 1. The summed E-state index contributed by atoms with van der Waals surface area (Å²) in [7, 11) is 3.95. The van der Waals surface area contributed by atoms with Crippen LogP contribution >= 0.6 is 0 Å². The lowest BCUT2D eigenvalue weighted by molar-refractivity contribution is 0.220. The third kappa shape index (κ3) is 2.43. The quantitative estimate of drug-likeness (QED) is 0.863. The maximum absolute atomic E-state index is 10.3. The molecule has 0 radical (unpaired) electrons. The van der Waals surface area contributed by atoms with Crippen LogP contribution in [-0.2, 0) is 0 Å². The fourth-order valence-electron chi connectivity index (χ4n) is 1.78. The number of nitrogens with zero attached hydrogens (tertiary/aromatic N) is 2. The van der Waals surface area contributed by atoms with E-state index in [1.165, 1.54) is 0 Å². The third-order valence-corrected chi connectivity index (χ3v) is 2.91. The minimum Gasteiger partial charge on any atom is -0.398 e. The van der Waals surface area contributed by atoms with Crippen molar-refractivity contribution < 1.29 is 5.11 Å². The summed E-state index contributed by atoms with van der Waals surface area (Å²) in [6.45, 7) is 0. The summed E-state index contributed by atoms with van der Waals surface area (Å²) in [4.78, 5) is 6.00. The topological polar surface area (TPSA) is 62.4 Å². The van der Waals surface area contributed by atoms with E-state index < -0.39 is 6.10 Å². The fraction of sp³-hybridized carbons (Fsp3) is 0.214. The van der Waals surface area contributed by atoms with E-state index in [1.54, 1.807) is 18.5 Å². The van der Waals surface area contributed by atoms with Crippen molar-refractivity contribution in [3.05, 3.63) is 53.9 Å². The van der Waals surface area contributed by atoms with Gasteiger partial charge in [0.2, 0.25) is 0 Å². The molecule has 1 atom stereocenters. The van der Waals surface area contributed by atoms with Crippen molar-refractivity contribution in [2.75, 3.05) is 24.7 Å². The number of nitrogens with two attached hydrogens (primary N) is 1. The normalized spacial score (nSPS) is 12.2. The van der Waals surface area contributed by atoms with Crippen LogP contribution in [0, 0.1) is 0 Å². The van der Waals surface area contributed by atoms with Crippen LogP contribution in [0.5, 0.6) is 0 Å². The first-order valence-corrected chi connectivity index (χ1v) is 5.74. The van der Waals surface area contributed by atoms with Gasteiger partial charge in [-0.05, 0) is 23.8 Å². The smallest absolute Gasteiger partial charge is 0.108 e. The highest BCUT2D eigenvalue weighted by Crippen LogP contribution is 2.26. The van der Waals surface area contributed by atoms with Crippen LogP contribution in [0.3, 0.4) is 0 Å². The number of rotatable bonds is 3. The van der Waals surface area contributed by atoms with Crippen molar-refractivity contribution in [1.29, 1.82) is 0 Å². The van der Waals surface area contributed by atoms with Crippen LogP contribution in [0.15, 0.2) is 42.7 Å². The highest BCUT2D eigenvalue weighted by molar-refractivity contribution is 5.51. The number of benzene rings is 1. The van der Waals surface area contributed by atoms with Crippen molar-refractivity contribution in [2.45, 2.75) is 6.10 Å². The first kappa shape index (κ1) is 12.4. The summed E-state index contributed by atoms with van der Waals surface area (Å²) in [6, 6.07) is 9.40. The van der Waals surface area contributed by atoms with Crippen molar-refractivity contribution >= 4 is 11.4 Å². The summed E-state index contributed by atoms with van der Waals surface area (Å²) in [6.07, 6.45) is 2.47. The van der Waals surface area contributed by atoms with Crippen LogP contribution in [-0.4, -0.2) is 24.2 Å². The largest absolute Gasteiger partial charge is 0.398 e. The highest BCUT2D eigenvalue weighted by atomic mass is 16.3. The number of hydrogen-bond acceptors (Lipinski definition) is 4. The average molecular weight is 243 g/mol. The van der Waals surface area contributed by atoms with Crippen molar-refractivity contribution in [2.24, 2.45) is 0 Å². The zero-order valence-electron chi connectivity index (χ0n) is 10.5. The van der Waals surface area contributed by atoms with E-state index in [2.05, 4.69) is 4.98 Å². The number of aliphatic hydroxyl groups is 1. The number of anilines is 2. The fourth-order valence-corrected chi connectivity index (χ4v) is 1.78. The summed E-state index contributed by atoms with van der Waals surface area (Å²) in [5.74, 6) is 0. The Balaban J connectivity index is 2.29. The predicted molar refractivity (Wildman–Crippen MR) is 73.5 cm³/mol. The van der Waals surface area contributed by atoms with Crippen LogP contribution in [0.4, 0.5) is 11.4 Å². The zero-order valence-corrected chi connectivity index (χ0v) is 10.5. The number of hydrogen-bond donors (Lipinski definition) is 2. The van der Waals surface area contributed by atoms with E-state index in [9.17, 15) is 5.11 Å².